The number of carbonyl (C=O) groups is 4. The van der Waals surface area contributed by atoms with Crippen molar-refractivity contribution in [1.82, 2.24) is 0 Å². The van der Waals surface area contributed by atoms with E-state index in [1.54, 1.807) is 0 Å². The van der Waals surface area contributed by atoms with Gasteiger partial charge in [-0.2, -0.15) is 0 Å². The number of carbonyl (C=O) groups excluding carboxylic acids is 1. The summed E-state index contributed by atoms with van der Waals surface area (Å²) in [5.41, 5.74) is 14.9. The van der Waals surface area contributed by atoms with Crippen LogP contribution >= 0.6 is 0 Å². The van der Waals surface area contributed by atoms with E-state index in [0.717, 1.165) is 0 Å². The van der Waals surface area contributed by atoms with Crippen LogP contribution in [0.1, 0.15) is 32.1 Å². The molecule has 0 saturated carbocycles. The highest BCUT2D eigenvalue weighted by Gasteiger charge is 2.34. The fraction of sp³-hybridized carbons (Fsp3) is 0.667. The van der Waals surface area contributed by atoms with Crippen molar-refractivity contribution in [3.8, 4) is 0 Å². The lowest BCUT2D eigenvalue weighted by Crippen LogP contribution is -2.52. The summed E-state index contributed by atoms with van der Waals surface area (Å²) < 4.78 is 0. The van der Waals surface area contributed by atoms with E-state index >= 15 is 0 Å². The molecule has 0 aromatic rings. The minimum absolute atomic E-state index is 0.200. The lowest BCUT2D eigenvalue weighted by atomic mass is 9.87. The molecule has 0 amide bonds. The Morgan fingerprint density at radius 1 is 0.955 bits per heavy atom. The zero-order valence-corrected chi connectivity index (χ0v) is 11.9. The average molecular weight is 319 g/mol. The van der Waals surface area contributed by atoms with Gasteiger partial charge in [-0.05, 0) is 19.3 Å². The van der Waals surface area contributed by atoms with Gasteiger partial charge in [-0.3, -0.25) is 19.2 Å². The average Bonchev–Trinajstić information content (AvgIpc) is 2.39. The van der Waals surface area contributed by atoms with Crippen molar-refractivity contribution in [3.05, 3.63) is 0 Å². The summed E-state index contributed by atoms with van der Waals surface area (Å²) in [6.45, 7) is 0. The summed E-state index contributed by atoms with van der Waals surface area (Å²) in [5.74, 6) is -6.19. The highest BCUT2D eigenvalue weighted by molar-refractivity contribution is 5.98. The predicted octanol–water partition coefficient (Wildman–Crippen LogP) is -1.68. The Bertz CT molecular complexity index is 450. The van der Waals surface area contributed by atoms with E-state index in [0.29, 0.717) is 0 Å². The normalized spacial score (nSPS) is 14.1. The van der Waals surface area contributed by atoms with E-state index in [-0.39, 0.29) is 25.7 Å². The molecule has 9 N–H and O–H groups in total. The van der Waals surface area contributed by atoms with Crippen LogP contribution in [0.3, 0.4) is 0 Å². The molecule has 0 radical (unpaired) electrons. The molecule has 0 heterocycles. The van der Waals surface area contributed by atoms with Gasteiger partial charge in [0, 0.05) is 12.8 Å². The Labute approximate surface area is 126 Å². The summed E-state index contributed by atoms with van der Waals surface area (Å²) in [6, 6.07) is -1.27. The van der Waals surface area contributed by atoms with Crippen LogP contribution in [0.15, 0.2) is 0 Å². The number of hydrogen-bond donors (Lipinski definition) is 6. The number of nitrogens with two attached hydrogens (primary N) is 3. The van der Waals surface area contributed by atoms with Gasteiger partial charge in [0.2, 0.25) is 0 Å². The lowest BCUT2D eigenvalue weighted by Gasteiger charge is -2.26. The number of carboxylic acids is 3. The highest BCUT2D eigenvalue weighted by Crippen LogP contribution is 2.19. The molecule has 0 bridgehead atoms. The van der Waals surface area contributed by atoms with Gasteiger partial charge < -0.3 is 32.5 Å². The van der Waals surface area contributed by atoms with Crippen LogP contribution < -0.4 is 17.2 Å². The Hall–Kier alpha value is -2.04. The number of carboxylic acid groups (broad SMARTS) is 3. The van der Waals surface area contributed by atoms with Crippen molar-refractivity contribution < 1.29 is 34.5 Å². The number of rotatable bonds is 11. The Morgan fingerprint density at radius 3 is 1.91 bits per heavy atom. The van der Waals surface area contributed by atoms with E-state index in [2.05, 4.69) is 0 Å². The monoisotopic (exact) mass is 319 g/mol. The van der Waals surface area contributed by atoms with Crippen LogP contribution in [0.5, 0.6) is 0 Å². The second-order valence-corrected chi connectivity index (χ2v) is 5.17. The zero-order chi connectivity index (χ0) is 17.5. The lowest BCUT2D eigenvalue weighted by molar-refractivity contribution is -0.147. The molecule has 10 heteroatoms. The van der Waals surface area contributed by atoms with Crippen molar-refractivity contribution in [2.45, 2.75) is 43.8 Å². The molecule has 0 spiro atoms. The third kappa shape index (κ3) is 7.67. The Morgan fingerprint density at radius 2 is 1.50 bits per heavy atom. The van der Waals surface area contributed by atoms with Crippen LogP contribution in [0.2, 0.25) is 0 Å². The Balaban J connectivity index is 4.71. The largest absolute Gasteiger partial charge is 0.481 e. The Kier molecular flexibility index (Phi) is 7.63. The standard InChI is InChI=1S/C12H21N3O7/c13-7(11(21)22)1-2-8(16)6(10(19)20)5-12(14,15)4-3-9(17)18/h6-7H,1-5,13-15H2,(H,17,18)(H,19,20)(H,21,22)/t6?,7-/m0/s1. The fourth-order valence-corrected chi connectivity index (χ4v) is 1.76. The molecule has 22 heavy (non-hydrogen) atoms. The van der Waals surface area contributed by atoms with E-state index in [9.17, 15) is 19.2 Å². The van der Waals surface area contributed by atoms with E-state index in [1.165, 1.54) is 0 Å². The second kappa shape index (κ2) is 8.41. The summed E-state index contributed by atoms with van der Waals surface area (Å²) in [5, 5.41) is 26.2. The predicted molar refractivity (Wildman–Crippen MR) is 73.6 cm³/mol. The van der Waals surface area contributed by atoms with Crippen LogP contribution in [0, 0.1) is 5.92 Å². The van der Waals surface area contributed by atoms with Gasteiger partial charge in [-0.15, -0.1) is 0 Å². The molecule has 1 unspecified atom stereocenters. The maximum atomic E-state index is 11.9. The van der Waals surface area contributed by atoms with E-state index < -0.39 is 47.7 Å². The van der Waals surface area contributed by atoms with Gasteiger partial charge in [-0.25, -0.2) is 0 Å². The van der Waals surface area contributed by atoms with E-state index in [1.807, 2.05) is 0 Å². The summed E-state index contributed by atoms with van der Waals surface area (Å²) in [4.78, 5) is 44.0. The van der Waals surface area contributed by atoms with Crippen molar-refractivity contribution in [3.63, 3.8) is 0 Å². The molecule has 0 aliphatic heterocycles. The third-order valence-corrected chi connectivity index (χ3v) is 3.09. The summed E-state index contributed by atoms with van der Waals surface area (Å²) in [7, 11) is 0. The van der Waals surface area contributed by atoms with Gasteiger partial charge >= 0.3 is 17.9 Å². The molecule has 0 aromatic carbocycles. The fourth-order valence-electron chi connectivity index (χ4n) is 1.76. The topological polar surface area (TPSA) is 207 Å². The van der Waals surface area contributed by atoms with Gasteiger partial charge in [0.05, 0.1) is 5.66 Å². The molecule has 0 aromatic heterocycles. The number of hydrogen-bond acceptors (Lipinski definition) is 7. The molecule has 10 nitrogen and oxygen atoms in total. The van der Waals surface area contributed by atoms with Crippen LogP contribution in [0.25, 0.3) is 0 Å². The molecule has 0 aliphatic carbocycles. The maximum absolute atomic E-state index is 11.9. The van der Waals surface area contributed by atoms with Crippen molar-refractivity contribution in [1.29, 1.82) is 0 Å². The molecule has 0 saturated heterocycles. The second-order valence-electron chi connectivity index (χ2n) is 5.17. The number of Topliss-reactive ketones (excluding diaryl/α,β-unsaturated/α-hetero) is 1. The molecule has 2 atom stereocenters. The van der Waals surface area contributed by atoms with Gasteiger partial charge in [0.15, 0.2) is 0 Å². The molecule has 0 rings (SSSR count). The van der Waals surface area contributed by atoms with Crippen LogP contribution in [-0.2, 0) is 19.2 Å². The van der Waals surface area contributed by atoms with Gasteiger partial charge in [0.25, 0.3) is 0 Å². The molecular weight excluding hydrogens is 298 g/mol. The minimum atomic E-state index is -1.63. The van der Waals surface area contributed by atoms with Crippen LogP contribution in [0.4, 0.5) is 0 Å². The molecular formula is C12H21N3O7. The molecule has 0 aliphatic rings. The van der Waals surface area contributed by atoms with Gasteiger partial charge in [-0.1, -0.05) is 0 Å². The summed E-state index contributed by atoms with van der Waals surface area (Å²) >= 11 is 0. The maximum Gasteiger partial charge on any atom is 0.320 e. The summed E-state index contributed by atoms with van der Waals surface area (Å²) in [6.07, 6.45) is -1.57. The first-order valence-corrected chi connectivity index (χ1v) is 6.49. The van der Waals surface area contributed by atoms with E-state index in [4.69, 9.17) is 32.5 Å². The minimum Gasteiger partial charge on any atom is -0.481 e. The quantitative estimate of drug-likeness (QED) is 0.188. The van der Waals surface area contributed by atoms with Crippen molar-refractivity contribution >= 4 is 23.7 Å². The van der Waals surface area contributed by atoms with Crippen molar-refractivity contribution in [2.24, 2.45) is 23.1 Å². The SMILES string of the molecule is N[C@@H](CCC(=O)C(CC(N)(N)CCC(=O)O)C(=O)O)C(=O)O. The first kappa shape index (κ1) is 20.0. The molecule has 0 fully saturated rings. The first-order valence-electron chi connectivity index (χ1n) is 6.49. The van der Waals surface area contributed by atoms with Crippen molar-refractivity contribution in [2.75, 3.05) is 0 Å². The zero-order valence-electron chi connectivity index (χ0n) is 11.9. The first-order chi connectivity index (χ1) is 9.96. The van der Waals surface area contributed by atoms with Crippen LogP contribution in [-0.4, -0.2) is 50.7 Å². The molecule has 126 valence electrons. The third-order valence-electron chi connectivity index (χ3n) is 3.09. The highest BCUT2D eigenvalue weighted by atomic mass is 16.4. The number of aliphatic carboxylic acids is 3. The van der Waals surface area contributed by atoms with Gasteiger partial charge in [0.1, 0.15) is 17.7 Å². The number of ketones is 1. The smallest absolute Gasteiger partial charge is 0.320 e.